The number of urea groups is 1. The Morgan fingerprint density at radius 3 is 2.25 bits per heavy atom. The predicted molar refractivity (Wildman–Crippen MR) is 120 cm³/mol. The number of rotatable bonds is 6. The van der Waals surface area contributed by atoms with E-state index in [4.69, 9.17) is 9.47 Å². The summed E-state index contributed by atoms with van der Waals surface area (Å²) in [5, 5.41) is 2.78. The number of nitrogens with one attached hydrogen (secondary N) is 1. The van der Waals surface area contributed by atoms with E-state index in [0.717, 1.165) is 10.5 Å². The van der Waals surface area contributed by atoms with Crippen molar-refractivity contribution >= 4 is 17.9 Å². The molecule has 0 aromatic heterocycles. The quantitative estimate of drug-likeness (QED) is 0.530. The number of nitrogens with zero attached hydrogens (tertiary/aromatic N) is 1. The molecule has 1 fully saturated rings. The molecule has 2 atom stereocenters. The summed E-state index contributed by atoms with van der Waals surface area (Å²) in [6.07, 6.45) is -0.224. The number of ether oxygens (including phenoxy) is 2. The van der Waals surface area contributed by atoms with Crippen LogP contribution in [0.3, 0.4) is 0 Å². The zero-order valence-corrected chi connectivity index (χ0v) is 19.2. The number of hydrogen-bond acceptors (Lipinski definition) is 5. The summed E-state index contributed by atoms with van der Waals surface area (Å²) in [6.45, 7) is 9.40. The molecule has 0 saturated carbocycles. The van der Waals surface area contributed by atoms with E-state index in [0.29, 0.717) is 24.3 Å². The third-order valence-electron chi connectivity index (χ3n) is 5.46. The van der Waals surface area contributed by atoms with Crippen LogP contribution in [-0.2, 0) is 16.1 Å². The lowest BCUT2D eigenvalue weighted by atomic mass is 9.76. The highest BCUT2D eigenvalue weighted by Crippen LogP contribution is 2.43. The molecule has 1 saturated heterocycles. The number of likely N-dealkylation sites (tertiary alicyclic amines) is 1. The Balaban J connectivity index is 1.70. The van der Waals surface area contributed by atoms with Gasteiger partial charge in [-0.25, -0.2) is 14.5 Å². The summed E-state index contributed by atoms with van der Waals surface area (Å²) in [4.78, 5) is 38.8. The van der Waals surface area contributed by atoms with Crippen LogP contribution in [0, 0.1) is 5.41 Å². The van der Waals surface area contributed by atoms with Gasteiger partial charge in [0.1, 0.15) is 16.8 Å². The minimum atomic E-state index is -0.812. The van der Waals surface area contributed by atoms with E-state index in [1.54, 1.807) is 52.0 Å². The van der Waals surface area contributed by atoms with Crippen LogP contribution in [0.4, 0.5) is 4.79 Å². The molecule has 0 radical (unpaired) electrons. The number of amides is 3. The van der Waals surface area contributed by atoms with Crippen LogP contribution in [0.1, 0.15) is 57.0 Å². The maximum Gasteiger partial charge on any atom is 0.338 e. The van der Waals surface area contributed by atoms with Crippen molar-refractivity contribution in [1.29, 1.82) is 0 Å². The van der Waals surface area contributed by atoms with Crippen LogP contribution in [0.2, 0.25) is 0 Å². The van der Waals surface area contributed by atoms with Crippen LogP contribution < -0.4 is 10.1 Å². The average Bonchev–Trinajstić information content (AvgIpc) is 2.76. The largest absolute Gasteiger partial charge is 0.469 e. The van der Waals surface area contributed by atoms with E-state index < -0.39 is 29.2 Å². The van der Waals surface area contributed by atoms with Gasteiger partial charge in [0.2, 0.25) is 5.91 Å². The Kier molecular flexibility index (Phi) is 6.57. The second kappa shape index (κ2) is 9.02. The molecule has 7 nitrogen and oxygen atoms in total. The molecule has 0 spiro atoms. The summed E-state index contributed by atoms with van der Waals surface area (Å²) in [6, 6.07) is 15.4. The van der Waals surface area contributed by atoms with Crippen LogP contribution in [0.5, 0.6) is 5.75 Å². The van der Waals surface area contributed by atoms with Crippen LogP contribution in [0.15, 0.2) is 54.6 Å². The van der Waals surface area contributed by atoms with Gasteiger partial charge in [0.05, 0.1) is 5.56 Å². The SMILES string of the molecule is CC[C@@]1(C)C(=O)N(C(=O)NCc2ccccc2)[C@H]1Oc1ccc(C(=O)OC(C)(C)C)cc1. The first-order valence-electron chi connectivity index (χ1n) is 10.7. The van der Waals surface area contributed by atoms with Gasteiger partial charge in [-0.15, -0.1) is 0 Å². The minimum absolute atomic E-state index is 0.277. The second-order valence-electron chi connectivity index (χ2n) is 9.09. The summed E-state index contributed by atoms with van der Waals surface area (Å²) < 4.78 is 11.4. The van der Waals surface area contributed by atoms with Crippen molar-refractivity contribution in [1.82, 2.24) is 10.2 Å². The van der Waals surface area contributed by atoms with Crippen molar-refractivity contribution in [3.8, 4) is 5.75 Å². The normalized spacial score (nSPS) is 20.3. The van der Waals surface area contributed by atoms with Crippen LogP contribution in [0.25, 0.3) is 0 Å². The zero-order valence-electron chi connectivity index (χ0n) is 19.2. The molecule has 3 rings (SSSR count). The molecule has 2 aromatic rings. The Hall–Kier alpha value is -3.35. The number of hydrogen-bond donors (Lipinski definition) is 1. The van der Waals surface area contributed by atoms with E-state index in [-0.39, 0.29) is 5.91 Å². The van der Waals surface area contributed by atoms with Gasteiger partial charge < -0.3 is 14.8 Å². The lowest BCUT2D eigenvalue weighted by Gasteiger charge is -2.51. The monoisotopic (exact) mass is 438 g/mol. The van der Waals surface area contributed by atoms with Crippen molar-refractivity contribution in [2.75, 3.05) is 0 Å². The third-order valence-corrected chi connectivity index (χ3v) is 5.46. The molecule has 0 unspecified atom stereocenters. The fourth-order valence-corrected chi connectivity index (χ4v) is 3.41. The molecule has 32 heavy (non-hydrogen) atoms. The van der Waals surface area contributed by atoms with Crippen LogP contribution in [-0.4, -0.2) is 34.6 Å². The summed E-state index contributed by atoms with van der Waals surface area (Å²) in [5.41, 5.74) is -0.0711. The van der Waals surface area contributed by atoms with Crippen molar-refractivity contribution in [3.05, 3.63) is 65.7 Å². The van der Waals surface area contributed by atoms with Gasteiger partial charge in [0, 0.05) is 6.54 Å². The second-order valence-corrected chi connectivity index (χ2v) is 9.09. The van der Waals surface area contributed by atoms with Gasteiger partial charge in [0.25, 0.3) is 0 Å². The molecular weight excluding hydrogens is 408 g/mol. The van der Waals surface area contributed by atoms with E-state index in [9.17, 15) is 14.4 Å². The predicted octanol–water partition coefficient (Wildman–Crippen LogP) is 4.52. The lowest BCUT2D eigenvalue weighted by Crippen LogP contribution is -2.72. The van der Waals surface area contributed by atoms with Crippen molar-refractivity contribution in [3.63, 3.8) is 0 Å². The molecule has 1 N–H and O–H groups in total. The summed E-state index contributed by atoms with van der Waals surface area (Å²) in [5.74, 6) is -0.250. The number of benzene rings is 2. The summed E-state index contributed by atoms with van der Waals surface area (Å²) in [7, 11) is 0. The maximum absolute atomic E-state index is 12.8. The highest BCUT2D eigenvalue weighted by atomic mass is 16.6. The number of carbonyl (C=O) groups excluding carboxylic acids is 3. The van der Waals surface area contributed by atoms with E-state index in [1.165, 1.54) is 0 Å². The topological polar surface area (TPSA) is 84.9 Å². The third kappa shape index (κ3) is 4.93. The first kappa shape index (κ1) is 23.3. The highest BCUT2D eigenvalue weighted by molar-refractivity contribution is 6.03. The molecule has 1 aliphatic heterocycles. The fraction of sp³-hybridized carbons (Fsp3) is 0.400. The average molecular weight is 439 g/mol. The Labute approximate surface area is 188 Å². The van der Waals surface area contributed by atoms with Gasteiger partial charge in [-0.2, -0.15) is 0 Å². The molecule has 0 bridgehead atoms. The first-order valence-corrected chi connectivity index (χ1v) is 10.7. The molecule has 3 amide bonds. The van der Waals surface area contributed by atoms with Gasteiger partial charge in [-0.3, -0.25) is 4.79 Å². The number of carbonyl (C=O) groups is 3. The Morgan fingerprint density at radius 2 is 1.69 bits per heavy atom. The van der Waals surface area contributed by atoms with Crippen molar-refractivity contribution in [2.45, 2.75) is 59.4 Å². The smallest absolute Gasteiger partial charge is 0.338 e. The van der Waals surface area contributed by atoms with Gasteiger partial charge in [0.15, 0.2) is 6.23 Å². The Morgan fingerprint density at radius 1 is 1.06 bits per heavy atom. The summed E-state index contributed by atoms with van der Waals surface area (Å²) >= 11 is 0. The molecule has 1 heterocycles. The molecule has 170 valence electrons. The van der Waals surface area contributed by atoms with Crippen LogP contribution >= 0.6 is 0 Å². The maximum atomic E-state index is 12.8. The van der Waals surface area contributed by atoms with E-state index in [2.05, 4.69) is 5.32 Å². The lowest BCUT2D eigenvalue weighted by molar-refractivity contribution is -0.186. The van der Waals surface area contributed by atoms with Gasteiger partial charge in [-0.05, 0) is 63.9 Å². The minimum Gasteiger partial charge on any atom is -0.469 e. The first-order chi connectivity index (χ1) is 15.0. The van der Waals surface area contributed by atoms with E-state index >= 15 is 0 Å². The Bertz CT molecular complexity index is 982. The van der Waals surface area contributed by atoms with Crippen molar-refractivity contribution in [2.24, 2.45) is 5.41 Å². The number of β-lactam (4-membered cyclic amide) rings is 1. The van der Waals surface area contributed by atoms with E-state index in [1.807, 2.05) is 37.3 Å². The zero-order chi connectivity index (χ0) is 23.5. The molecule has 0 aliphatic carbocycles. The van der Waals surface area contributed by atoms with Gasteiger partial charge in [-0.1, -0.05) is 37.3 Å². The van der Waals surface area contributed by atoms with Crippen molar-refractivity contribution < 1.29 is 23.9 Å². The number of imide groups is 1. The molecule has 7 heteroatoms. The van der Waals surface area contributed by atoms with Gasteiger partial charge >= 0.3 is 12.0 Å². The number of esters is 1. The fourth-order valence-electron chi connectivity index (χ4n) is 3.41. The standard InChI is InChI=1S/C25H30N2O5/c1-6-25(5)21(29)27(23(30)26-16-17-10-8-7-9-11-17)22(25)31-19-14-12-18(13-15-19)20(28)32-24(2,3)4/h7-15,22H,6,16H2,1-5H3,(H,26,30)/t22-,25-/m0/s1. The highest BCUT2D eigenvalue weighted by Gasteiger charge is 2.61. The molecule has 1 aliphatic rings. The molecular formula is C25H30N2O5. The molecule has 2 aromatic carbocycles.